The summed E-state index contributed by atoms with van der Waals surface area (Å²) >= 11 is 17.3. The second kappa shape index (κ2) is 10.8. The Morgan fingerprint density at radius 1 is 1.16 bits per heavy atom. The van der Waals surface area contributed by atoms with Crippen molar-refractivity contribution >= 4 is 58.0 Å². The molecule has 1 fully saturated rings. The summed E-state index contributed by atoms with van der Waals surface area (Å²) in [6.45, 7) is 3.69. The number of nitrogens with zero attached hydrogens (tertiary/aromatic N) is 1. The maximum absolute atomic E-state index is 12.7. The molecule has 2 N–H and O–H groups in total. The minimum absolute atomic E-state index is 0.0410. The molecule has 0 unspecified atom stereocenters. The molecule has 164 valence electrons. The second-order valence-corrected chi connectivity index (χ2v) is 8.05. The SMILES string of the molecule is Cc1cc(Cl)ccc1OCC(=O)NC(=S)Nc1cc(C(=O)N2CCOCC2)ccc1Cl. The zero-order chi connectivity index (χ0) is 22.4. The minimum Gasteiger partial charge on any atom is -0.483 e. The third kappa shape index (κ3) is 6.54. The molecular formula is C21H21Cl2N3O4S. The van der Waals surface area contributed by atoms with Gasteiger partial charge >= 0.3 is 0 Å². The smallest absolute Gasteiger partial charge is 0.264 e. The highest BCUT2D eigenvalue weighted by atomic mass is 35.5. The summed E-state index contributed by atoms with van der Waals surface area (Å²) in [4.78, 5) is 26.5. The van der Waals surface area contributed by atoms with Crippen LogP contribution in [0.2, 0.25) is 10.0 Å². The number of nitrogens with one attached hydrogen (secondary N) is 2. The maximum Gasteiger partial charge on any atom is 0.264 e. The topological polar surface area (TPSA) is 79.9 Å². The van der Waals surface area contributed by atoms with Crippen molar-refractivity contribution in [2.24, 2.45) is 0 Å². The third-order valence-electron chi connectivity index (χ3n) is 4.51. The third-order valence-corrected chi connectivity index (χ3v) is 5.28. The van der Waals surface area contributed by atoms with E-state index in [0.717, 1.165) is 5.56 Å². The fourth-order valence-electron chi connectivity index (χ4n) is 2.94. The van der Waals surface area contributed by atoms with Crippen molar-refractivity contribution in [2.75, 3.05) is 38.2 Å². The predicted octanol–water partition coefficient (Wildman–Crippen LogP) is 3.67. The van der Waals surface area contributed by atoms with Crippen LogP contribution in [0, 0.1) is 6.92 Å². The lowest BCUT2D eigenvalue weighted by molar-refractivity contribution is -0.121. The van der Waals surface area contributed by atoms with Crippen molar-refractivity contribution in [1.29, 1.82) is 0 Å². The number of halogens is 2. The highest BCUT2D eigenvalue weighted by Crippen LogP contribution is 2.24. The Kier molecular flexibility index (Phi) is 8.09. The molecule has 0 bridgehead atoms. The minimum atomic E-state index is -0.441. The molecule has 1 aliphatic heterocycles. The number of morpholine rings is 1. The van der Waals surface area contributed by atoms with E-state index in [9.17, 15) is 9.59 Å². The average molecular weight is 482 g/mol. The fraction of sp³-hybridized carbons (Fsp3) is 0.286. The van der Waals surface area contributed by atoms with Gasteiger partial charge in [0.15, 0.2) is 11.7 Å². The van der Waals surface area contributed by atoms with Gasteiger partial charge in [-0.2, -0.15) is 0 Å². The molecule has 1 heterocycles. The molecule has 0 saturated carbocycles. The Morgan fingerprint density at radius 3 is 2.61 bits per heavy atom. The zero-order valence-electron chi connectivity index (χ0n) is 16.7. The van der Waals surface area contributed by atoms with E-state index in [2.05, 4.69) is 10.6 Å². The Morgan fingerprint density at radius 2 is 1.90 bits per heavy atom. The van der Waals surface area contributed by atoms with Crippen LogP contribution in [0.1, 0.15) is 15.9 Å². The number of carbonyl (C=O) groups is 2. The molecular weight excluding hydrogens is 461 g/mol. The number of carbonyl (C=O) groups excluding carboxylic acids is 2. The molecule has 2 aromatic carbocycles. The van der Waals surface area contributed by atoms with Crippen molar-refractivity contribution in [1.82, 2.24) is 10.2 Å². The van der Waals surface area contributed by atoms with Gasteiger partial charge < -0.3 is 19.7 Å². The molecule has 7 nitrogen and oxygen atoms in total. The molecule has 3 rings (SSSR count). The highest BCUT2D eigenvalue weighted by molar-refractivity contribution is 7.80. The lowest BCUT2D eigenvalue weighted by Crippen LogP contribution is -2.40. The monoisotopic (exact) mass is 481 g/mol. The van der Waals surface area contributed by atoms with E-state index in [4.69, 9.17) is 44.9 Å². The van der Waals surface area contributed by atoms with Crippen molar-refractivity contribution < 1.29 is 19.1 Å². The number of hydrogen-bond acceptors (Lipinski definition) is 5. The average Bonchev–Trinajstić information content (AvgIpc) is 2.74. The summed E-state index contributed by atoms with van der Waals surface area (Å²) in [7, 11) is 0. The Balaban J connectivity index is 1.56. The van der Waals surface area contributed by atoms with Gasteiger partial charge in [-0.1, -0.05) is 23.2 Å². The molecule has 2 aromatic rings. The van der Waals surface area contributed by atoms with Crippen LogP contribution in [-0.4, -0.2) is 54.7 Å². The van der Waals surface area contributed by atoms with Gasteiger partial charge in [0, 0.05) is 23.7 Å². The molecule has 0 spiro atoms. The lowest BCUT2D eigenvalue weighted by Gasteiger charge is -2.27. The van der Waals surface area contributed by atoms with E-state index in [1.54, 1.807) is 41.3 Å². The Bertz CT molecular complexity index is 997. The molecule has 31 heavy (non-hydrogen) atoms. The Hall–Kier alpha value is -2.39. The first-order valence-electron chi connectivity index (χ1n) is 9.50. The van der Waals surface area contributed by atoms with Gasteiger partial charge in [-0.3, -0.25) is 14.9 Å². The predicted molar refractivity (Wildman–Crippen MR) is 124 cm³/mol. The van der Waals surface area contributed by atoms with E-state index in [-0.39, 0.29) is 17.6 Å². The van der Waals surface area contributed by atoms with Crippen LogP contribution in [0.25, 0.3) is 0 Å². The van der Waals surface area contributed by atoms with Crippen molar-refractivity contribution in [3.05, 3.63) is 57.6 Å². The van der Waals surface area contributed by atoms with Crippen molar-refractivity contribution in [2.45, 2.75) is 6.92 Å². The molecule has 1 saturated heterocycles. The van der Waals surface area contributed by atoms with Gasteiger partial charge in [-0.05, 0) is 61.1 Å². The maximum atomic E-state index is 12.7. The van der Waals surface area contributed by atoms with Gasteiger partial charge in [-0.25, -0.2) is 0 Å². The summed E-state index contributed by atoms with van der Waals surface area (Å²) in [5, 5.41) is 6.38. The van der Waals surface area contributed by atoms with Gasteiger partial charge in [0.1, 0.15) is 5.75 Å². The van der Waals surface area contributed by atoms with Crippen LogP contribution in [0.15, 0.2) is 36.4 Å². The standard InChI is InChI=1S/C21H21Cl2N3O4S/c1-13-10-15(22)3-5-18(13)30-12-19(27)25-21(31)24-17-11-14(2-4-16(17)23)20(28)26-6-8-29-9-7-26/h2-5,10-11H,6-9,12H2,1H3,(H2,24,25,27,31). The lowest BCUT2D eigenvalue weighted by atomic mass is 10.1. The molecule has 2 amide bonds. The molecule has 0 radical (unpaired) electrons. The molecule has 0 aromatic heterocycles. The summed E-state index contributed by atoms with van der Waals surface area (Å²) in [6, 6.07) is 9.98. The zero-order valence-corrected chi connectivity index (χ0v) is 19.1. The van der Waals surface area contributed by atoms with Crippen LogP contribution in [0.4, 0.5) is 5.69 Å². The van der Waals surface area contributed by atoms with Crippen LogP contribution < -0.4 is 15.4 Å². The quantitative estimate of drug-likeness (QED) is 0.634. The number of anilines is 1. The number of rotatable bonds is 5. The molecule has 0 atom stereocenters. The largest absolute Gasteiger partial charge is 0.483 e. The van der Waals surface area contributed by atoms with E-state index >= 15 is 0 Å². The van der Waals surface area contributed by atoms with E-state index < -0.39 is 5.91 Å². The summed E-state index contributed by atoms with van der Waals surface area (Å²) in [6.07, 6.45) is 0. The van der Waals surface area contributed by atoms with Crippen molar-refractivity contribution in [3.63, 3.8) is 0 Å². The highest BCUT2D eigenvalue weighted by Gasteiger charge is 2.19. The first kappa shape index (κ1) is 23.3. The summed E-state index contributed by atoms with van der Waals surface area (Å²) < 4.78 is 10.8. The fourth-order valence-corrected chi connectivity index (χ4v) is 3.55. The van der Waals surface area contributed by atoms with E-state index in [1.165, 1.54) is 0 Å². The summed E-state index contributed by atoms with van der Waals surface area (Å²) in [5.41, 5.74) is 1.69. The van der Waals surface area contributed by atoms with Crippen LogP contribution >= 0.6 is 35.4 Å². The number of thiocarbonyl (C=S) groups is 1. The Labute approximate surface area is 195 Å². The second-order valence-electron chi connectivity index (χ2n) is 6.80. The molecule has 1 aliphatic rings. The number of amides is 2. The number of ether oxygens (including phenoxy) is 2. The first-order chi connectivity index (χ1) is 14.8. The number of hydrogen-bond donors (Lipinski definition) is 2. The van der Waals surface area contributed by atoms with Gasteiger partial charge in [0.25, 0.3) is 11.8 Å². The molecule has 10 heteroatoms. The number of benzene rings is 2. The first-order valence-corrected chi connectivity index (χ1v) is 10.7. The number of aryl methyl sites for hydroxylation is 1. The summed E-state index contributed by atoms with van der Waals surface area (Å²) in [5.74, 6) is -0.0102. The van der Waals surface area contributed by atoms with E-state index in [0.29, 0.717) is 53.3 Å². The van der Waals surface area contributed by atoms with Crippen LogP contribution in [0.5, 0.6) is 5.75 Å². The normalized spacial score (nSPS) is 13.5. The van der Waals surface area contributed by atoms with Crippen molar-refractivity contribution in [3.8, 4) is 5.75 Å². The van der Waals surface area contributed by atoms with Crippen LogP contribution in [-0.2, 0) is 9.53 Å². The van der Waals surface area contributed by atoms with E-state index in [1.807, 2.05) is 6.92 Å². The van der Waals surface area contributed by atoms with Gasteiger partial charge in [0.05, 0.1) is 23.9 Å². The van der Waals surface area contributed by atoms with Gasteiger partial charge in [0.2, 0.25) is 0 Å². The molecule has 0 aliphatic carbocycles. The van der Waals surface area contributed by atoms with Crippen LogP contribution in [0.3, 0.4) is 0 Å². The van der Waals surface area contributed by atoms with Gasteiger partial charge in [-0.15, -0.1) is 0 Å².